The summed E-state index contributed by atoms with van der Waals surface area (Å²) in [6.45, 7) is 3.51. The van der Waals surface area contributed by atoms with Crippen LogP contribution in [0.4, 0.5) is 8.78 Å². The van der Waals surface area contributed by atoms with Crippen molar-refractivity contribution < 1.29 is 8.78 Å². The summed E-state index contributed by atoms with van der Waals surface area (Å²) in [5.74, 6) is -1.30. The second-order valence-electron chi connectivity index (χ2n) is 2.55. The van der Waals surface area contributed by atoms with Crippen molar-refractivity contribution in [2.24, 2.45) is 5.73 Å². The molecule has 1 aromatic carbocycles. The van der Waals surface area contributed by atoms with Gasteiger partial charge >= 0.3 is 0 Å². The van der Waals surface area contributed by atoms with Gasteiger partial charge in [-0.25, -0.2) is 8.78 Å². The third-order valence-corrected chi connectivity index (χ3v) is 2.06. The molecule has 13 heavy (non-hydrogen) atoms. The minimum absolute atomic E-state index is 0.0372. The fourth-order valence-electron chi connectivity index (χ4n) is 0.982. The van der Waals surface area contributed by atoms with Crippen LogP contribution in [-0.4, -0.2) is 6.54 Å². The Bertz CT molecular complexity index is 326. The van der Waals surface area contributed by atoms with Gasteiger partial charge in [0.25, 0.3) is 0 Å². The highest BCUT2D eigenvalue weighted by molar-refractivity contribution is 9.10. The zero-order chi connectivity index (χ0) is 10.0. The van der Waals surface area contributed by atoms with Crippen LogP contribution in [0.5, 0.6) is 0 Å². The molecule has 0 amide bonds. The van der Waals surface area contributed by atoms with Crippen molar-refractivity contribution in [3.05, 3.63) is 40.4 Å². The van der Waals surface area contributed by atoms with Crippen LogP contribution in [0.3, 0.4) is 0 Å². The van der Waals surface area contributed by atoms with Gasteiger partial charge < -0.3 is 5.73 Å². The highest BCUT2D eigenvalue weighted by Crippen LogP contribution is 2.23. The van der Waals surface area contributed by atoms with Gasteiger partial charge in [0.05, 0.1) is 0 Å². The summed E-state index contributed by atoms with van der Waals surface area (Å²) < 4.78 is 26.7. The van der Waals surface area contributed by atoms with Crippen LogP contribution >= 0.6 is 15.9 Å². The van der Waals surface area contributed by atoms with Crippen molar-refractivity contribution in [2.75, 3.05) is 6.54 Å². The van der Waals surface area contributed by atoms with Crippen molar-refractivity contribution in [3.8, 4) is 0 Å². The molecule has 1 rings (SSSR count). The van der Waals surface area contributed by atoms with Crippen LogP contribution in [0.25, 0.3) is 5.57 Å². The smallest absolute Gasteiger partial charge is 0.134 e. The summed E-state index contributed by atoms with van der Waals surface area (Å²) in [6, 6.07) is 2.36. The lowest BCUT2D eigenvalue weighted by molar-refractivity contribution is 0.575. The van der Waals surface area contributed by atoms with E-state index in [1.807, 2.05) is 0 Å². The zero-order valence-corrected chi connectivity index (χ0v) is 8.37. The lowest BCUT2D eigenvalue weighted by Gasteiger charge is -2.06. The molecular weight excluding hydrogens is 240 g/mol. The van der Waals surface area contributed by atoms with Crippen LogP contribution in [0, 0.1) is 11.6 Å². The minimum atomic E-state index is -0.651. The number of hydrogen-bond acceptors (Lipinski definition) is 1. The summed E-state index contributed by atoms with van der Waals surface area (Å²) in [5.41, 5.74) is 5.35. The fourth-order valence-corrected chi connectivity index (χ4v) is 1.38. The predicted octanol–water partition coefficient (Wildman–Crippen LogP) is 2.70. The van der Waals surface area contributed by atoms with Crippen molar-refractivity contribution in [1.82, 2.24) is 0 Å². The molecule has 0 heterocycles. The monoisotopic (exact) mass is 247 g/mol. The summed E-state index contributed by atoms with van der Waals surface area (Å²) in [6.07, 6.45) is 0. The first-order chi connectivity index (χ1) is 6.06. The Morgan fingerprint density at radius 1 is 1.38 bits per heavy atom. The fraction of sp³-hybridized carbons (Fsp3) is 0.111. The molecule has 0 fully saturated rings. The lowest BCUT2D eigenvalue weighted by atomic mass is 10.1. The zero-order valence-electron chi connectivity index (χ0n) is 6.78. The van der Waals surface area contributed by atoms with Gasteiger partial charge in [0.15, 0.2) is 0 Å². The Morgan fingerprint density at radius 2 is 1.85 bits per heavy atom. The summed E-state index contributed by atoms with van der Waals surface area (Å²) in [5, 5.41) is 0. The molecule has 0 atom stereocenters. The largest absolute Gasteiger partial charge is 0.326 e. The van der Waals surface area contributed by atoms with Gasteiger partial charge in [0, 0.05) is 16.6 Å². The van der Waals surface area contributed by atoms with Crippen LogP contribution in [0.15, 0.2) is 23.2 Å². The van der Waals surface area contributed by atoms with Crippen LogP contribution in [-0.2, 0) is 0 Å². The molecule has 0 saturated carbocycles. The second-order valence-corrected chi connectivity index (χ2v) is 3.47. The molecule has 1 nitrogen and oxygen atoms in total. The third kappa shape index (κ3) is 2.14. The van der Waals surface area contributed by atoms with E-state index in [0.717, 1.165) is 0 Å². The van der Waals surface area contributed by atoms with E-state index in [9.17, 15) is 8.78 Å². The standard InChI is InChI=1S/C9H8BrF2N/c1-5(4-13)9-7(11)2-6(10)3-8(9)12/h2-3H,1,4,13H2. The molecule has 0 spiro atoms. The summed E-state index contributed by atoms with van der Waals surface area (Å²) in [7, 11) is 0. The summed E-state index contributed by atoms with van der Waals surface area (Å²) in [4.78, 5) is 0. The van der Waals surface area contributed by atoms with Gasteiger partial charge in [-0.2, -0.15) is 0 Å². The Balaban J connectivity index is 3.28. The average molecular weight is 248 g/mol. The predicted molar refractivity (Wildman–Crippen MR) is 52.1 cm³/mol. The normalized spacial score (nSPS) is 10.2. The van der Waals surface area contributed by atoms with Crippen LogP contribution < -0.4 is 5.73 Å². The Kier molecular flexibility index (Phi) is 3.17. The van der Waals surface area contributed by atoms with Crippen molar-refractivity contribution in [1.29, 1.82) is 0 Å². The van der Waals surface area contributed by atoms with Gasteiger partial charge in [0.1, 0.15) is 11.6 Å². The molecule has 0 saturated heterocycles. The molecule has 0 aliphatic rings. The number of rotatable bonds is 2. The maximum absolute atomic E-state index is 13.2. The van der Waals surface area contributed by atoms with Gasteiger partial charge in [-0.1, -0.05) is 22.5 Å². The highest BCUT2D eigenvalue weighted by atomic mass is 79.9. The van der Waals surface area contributed by atoms with E-state index in [1.54, 1.807) is 0 Å². The van der Waals surface area contributed by atoms with Gasteiger partial charge in [-0.15, -0.1) is 0 Å². The Morgan fingerprint density at radius 3 is 2.23 bits per heavy atom. The lowest BCUT2D eigenvalue weighted by Crippen LogP contribution is -2.05. The van der Waals surface area contributed by atoms with Crippen LogP contribution in [0.2, 0.25) is 0 Å². The van der Waals surface area contributed by atoms with E-state index in [4.69, 9.17) is 5.73 Å². The quantitative estimate of drug-likeness (QED) is 0.855. The first kappa shape index (κ1) is 10.3. The topological polar surface area (TPSA) is 26.0 Å². The SMILES string of the molecule is C=C(CN)c1c(F)cc(Br)cc1F. The molecule has 0 bridgehead atoms. The Labute approximate surface area is 83.4 Å². The van der Waals surface area contributed by atoms with Crippen molar-refractivity contribution >= 4 is 21.5 Å². The third-order valence-electron chi connectivity index (χ3n) is 1.61. The van der Waals surface area contributed by atoms with E-state index < -0.39 is 11.6 Å². The molecule has 0 radical (unpaired) electrons. The van der Waals surface area contributed by atoms with Crippen molar-refractivity contribution in [2.45, 2.75) is 0 Å². The van der Waals surface area contributed by atoms with E-state index >= 15 is 0 Å². The molecule has 2 N–H and O–H groups in total. The number of hydrogen-bond donors (Lipinski definition) is 1. The summed E-state index contributed by atoms with van der Waals surface area (Å²) >= 11 is 2.98. The average Bonchev–Trinajstić information content (AvgIpc) is 2.02. The van der Waals surface area contributed by atoms with E-state index in [1.165, 1.54) is 12.1 Å². The molecular formula is C9H8BrF2N. The van der Waals surface area contributed by atoms with E-state index in [-0.39, 0.29) is 17.7 Å². The van der Waals surface area contributed by atoms with Crippen molar-refractivity contribution in [3.63, 3.8) is 0 Å². The maximum Gasteiger partial charge on any atom is 0.134 e. The molecule has 4 heteroatoms. The number of halogens is 3. The van der Waals surface area contributed by atoms with Crippen LogP contribution in [0.1, 0.15) is 5.56 Å². The molecule has 0 aliphatic heterocycles. The second kappa shape index (κ2) is 3.98. The molecule has 0 unspecified atom stereocenters. The first-order valence-electron chi connectivity index (χ1n) is 3.59. The minimum Gasteiger partial charge on any atom is -0.326 e. The Hall–Kier alpha value is -0.740. The highest BCUT2D eigenvalue weighted by Gasteiger charge is 2.12. The van der Waals surface area contributed by atoms with E-state index in [2.05, 4.69) is 22.5 Å². The molecule has 0 aliphatic carbocycles. The van der Waals surface area contributed by atoms with Gasteiger partial charge in [-0.3, -0.25) is 0 Å². The first-order valence-corrected chi connectivity index (χ1v) is 4.38. The molecule has 1 aromatic rings. The number of benzene rings is 1. The van der Waals surface area contributed by atoms with E-state index in [0.29, 0.717) is 4.47 Å². The maximum atomic E-state index is 13.2. The van der Waals surface area contributed by atoms with Gasteiger partial charge in [-0.05, 0) is 17.7 Å². The van der Waals surface area contributed by atoms with Gasteiger partial charge in [0.2, 0.25) is 0 Å². The molecule has 0 aromatic heterocycles. The molecule has 70 valence electrons. The number of nitrogens with two attached hydrogens (primary N) is 1.